The van der Waals surface area contributed by atoms with Gasteiger partial charge < -0.3 is 29.7 Å². The Labute approximate surface area is 233 Å². The quantitative estimate of drug-likeness (QED) is 0.390. The number of rotatable bonds is 12. The first kappa shape index (κ1) is 31.0. The molecular weight excluding hydrogens is 551 g/mol. The van der Waals surface area contributed by atoms with Crippen molar-refractivity contribution in [3.05, 3.63) is 54.0 Å². The average Bonchev–Trinajstić information content (AvgIpc) is 3.39. The number of aliphatic carboxylic acids is 1. The third-order valence-electron chi connectivity index (χ3n) is 6.05. The minimum Gasteiger partial charge on any atom is -0.481 e. The summed E-state index contributed by atoms with van der Waals surface area (Å²) in [6.07, 6.45) is -4.28. The van der Waals surface area contributed by atoms with Crippen molar-refractivity contribution in [2.45, 2.75) is 32.2 Å². The van der Waals surface area contributed by atoms with Crippen LogP contribution in [0.15, 0.2) is 48.3 Å². The second kappa shape index (κ2) is 14.7. The largest absolute Gasteiger partial charge is 0.481 e. The van der Waals surface area contributed by atoms with Gasteiger partial charge in [-0.15, -0.1) is 0 Å². The van der Waals surface area contributed by atoms with Crippen LogP contribution in [-0.4, -0.2) is 94.0 Å². The molecule has 3 amide bonds. The summed E-state index contributed by atoms with van der Waals surface area (Å²) in [6.45, 7) is 2.13. The number of ether oxygens (including phenoxy) is 2. The number of nitrogens with zero attached hydrogens (tertiary/aromatic N) is 4. The standard InChI is InChI=1S/C26H30F3N5O7/c1-2-40-26(39)33-13-11-32(12-14-33)25(38)19(8-9-22(35)36)30-24(37)20-16-21(41-15-10-18(27)23(28)29)34(31-20)17-6-4-3-5-7-17/h3-7,16,19H,2,8-15H2,1H3,(H,30,37)(H,35,36)/t19-/m0/s1. The second-order valence-corrected chi connectivity index (χ2v) is 8.85. The molecule has 222 valence electrons. The van der Waals surface area contributed by atoms with E-state index in [0.717, 1.165) is 0 Å². The van der Waals surface area contributed by atoms with Crippen LogP contribution in [0.25, 0.3) is 5.69 Å². The van der Waals surface area contributed by atoms with Gasteiger partial charge in [-0.25, -0.2) is 13.9 Å². The summed E-state index contributed by atoms with van der Waals surface area (Å²) >= 11 is 0. The number of amides is 3. The summed E-state index contributed by atoms with van der Waals surface area (Å²) in [6, 6.07) is 8.36. The number of hydrogen-bond acceptors (Lipinski definition) is 7. The number of carboxylic acid groups (broad SMARTS) is 1. The van der Waals surface area contributed by atoms with Crippen molar-refractivity contribution in [2.24, 2.45) is 0 Å². The van der Waals surface area contributed by atoms with Gasteiger partial charge in [0.15, 0.2) is 11.5 Å². The molecular formula is C26H30F3N5O7. The number of carboxylic acids is 1. The van der Waals surface area contributed by atoms with Gasteiger partial charge in [0, 0.05) is 45.1 Å². The first-order chi connectivity index (χ1) is 19.6. The molecule has 1 atom stereocenters. The summed E-state index contributed by atoms with van der Waals surface area (Å²) in [4.78, 5) is 52.5. The van der Waals surface area contributed by atoms with Crippen molar-refractivity contribution in [2.75, 3.05) is 39.4 Å². The molecule has 1 saturated heterocycles. The molecule has 0 radical (unpaired) electrons. The summed E-state index contributed by atoms with van der Waals surface area (Å²) in [5.74, 6) is -4.19. The highest BCUT2D eigenvalue weighted by atomic mass is 19.3. The molecule has 1 aliphatic heterocycles. The van der Waals surface area contributed by atoms with E-state index >= 15 is 0 Å². The summed E-state index contributed by atoms with van der Waals surface area (Å²) in [5, 5.41) is 15.9. The Bertz CT molecular complexity index is 1260. The fourth-order valence-corrected chi connectivity index (χ4v) is 3.97. The van der Waals surface area contributed by atoms with Gasteiger partial charge in [-0.05, 0) is 25.5 Å². The molecule has 1 aliphatic rings. The SMILES string of the molecule is CCOC(=O)N1CCN(C(=O)[C@H](CCC(=O)O)NC(=O)c2cc(OCCC(F)=C(F)F)n(-c3ccccc3)n2)CC1. The van der Waals surface area contributed by atoms with Crippen LogP contribution in [0.1, 0.15) is 36.7 Å². The molecule has 1 aromatic heterocycles. The summed E-state index contributed by atoms with van der Waals surface area (Å²) < 4.78 is 49.7. The van der Waals surface area contributed by atoms with Crippen LogP contribution >= 0.6 is 0 Å². The number of hydrogen-bond donors (Lipinski definition) is 2. The van der Waals surface area contributed by atoms with Gasteiger partial charge in [0.1, 0.15) is 6.04 Å². The lowest BCUT2D eigenvalue weighted by Gasteiger charge is -2.35. The first-order valence-electron chi connectivity index (χ1n) is 12.8. The van der Waals surface area contributed by atoms with E-state index in [1.54, 1.807) is 37.3 Å². The first-order valence-corrected chi connectivity index (χ1v) is 12.8. The lowest BCUT2D eigenvalue weighted by molar-refractivity contribution is -0.138. The molecule has 0 aliphatic carbocycles. The fraction of sp³-hybridized carbons (Fsp3) is 0.423. The van der Waals surface area contributed by atoms with E-state index in [4.69, 9.17) is 14.6 Å². The van der Waals surface area contributed by atoms with Gasteiger partial charge in [-0.3, -0.25) is 14.4 Å². The number of piperazine rings is 1. The predicted octanol–water partition coefficient (Wildman–Crippen LogP) is 2.98. The molecule has 2 heterocycles. The lowest BCUT2D eigenvalue weighted by atomic mass is 10.1. The number of nitrogens with one attached hydrogen (secondary N) is 1. The third-order valence-corrected chi connectivity index (χ3v) is 6.05. The van der Waals surface area contributed by atoms with E-state index in [9.17, 15) is 32.3 Å². The van der Waals surface area contributed by atoms with Crippen molar-refractivity contribution >= 4 is 23.9 Å². The van der Waals surface area contributed by atoms with E-state index < -0.39 is 61.3 Å². The van der Waals surface area contributed by atoms with E-state index in [1.807, 2.05) is 0 Å². The van der Waals surface area contributed by atoms with Crippen LogP contribution in [-0.2, 0) is 14.3 Å². The molecule has 3 rings (SSSR count). The topological polar surface area (TPSA) is 143 Å². The fourth-order valence-electron chi connectivity index (χ4n) is 3.97. The predicted molar refractivity (Wildman–Crippen MR) is 137 cm³/mol. The Balaban J connectivity index is 1.76. The molecule has 41 heavy (non-hydrogen) atoms. The van der Waals surface area contributed by atoms with E-state index in [-0.39, 0.29) is 50.8 Å². The lowest BCUT2D eigenvalue weighted by Crippen LogP contribution is -2.56. The van der Waals surface area contributed by atoms with Crippen molar-refractivity contribution in [3.63, 3.8) is 0 Å². The Morgan fingerprint density at radius 2 is 1.68 bits per heavy atom. The van der Waals surface area contributed by atoms with Crippen LogP contribution in [0.5, 0.6) is 5.88 Å². The smallest absolute Gasteiger partial charge is 0.409 e. The Kier molecular flexibility index (Phi) is 11.1. The van der Waals surface area contributed by atoms with E-state index in [2.05, 4.69) is 10.4 Å². The van der Waals surface area contributed by atoms with Crippen LogP contribution in [0.3, 0.4) is 0 Å². The molecule has 1 fully saturated rings. The average molecular weight is 582 g/mol. The summed E-state index contributed by atoms with van der Waals surface area (Å²) in [5.41, 5.74) is 0.240. The molecule has 0 saturated carbocycles. The van der Waals surface area contributed by atoms with Gasteiger partial charge >= 0.3 is 18.1 Å². The number of benzene rings is 1. The molecule has 2 N–H and O–H groups in total. The van der Waals surface area contributed by atoms with Crippen molar-refractivity contribution < 1.29 is 46.9 Å². The molecule has 0 bridgehead atoms. The third kappa shape index (κ3) is 8.71. The van der Waals surface area contributed by atoms with Crippen LogP contribution < -0.4 is 10.1 Å². The number of aromatic nitrogens is 2. The highest BCUT2D eigenvalue weighted by Crippen LogP contribution is 2.22. The maximum Gasteiger partial charge on any atom is 0.409 e. The number of halogens is 3. The maximum absolute atomic E-state index is 13.3. The minimum atomic E-state index is -2.45. The normalized spacial score (nSPS) is 13.8. The van der Waals surface area contributed by atoms with Crippen LogP contribution in [0.2, 0.25) is 0 Å². The highest BCUT2D eigenvalue weighted by molar-refractivity contribution is 5.96. The van der Waals surface area contributed by atoms with Crippen LogP contribution in [0.4, 0.5) is 18.0 Å². The zero-order valence-electron chi connectivity index (χ0n) is 22.2. The van der Waals surface area contributed by atoms with Crippen molar-refractivity contribution in [3.8, 4) is 11.6 Å². The molecule has 0 unspecified atom stereocenters. The zero-order valence-corrected chi connectivity index (χ0v) is 22.2. The molecule has 2 aromatic rings. The van der Waals surface area contributed by atoms with Gasteiger partial charge in [0.25, 0.3) is 5.91 Å². The van der Waals surface area contributed by atoms with Crippen molar-refractivity contribution in [1.29, 1.82) is 0 Å². The number of carbonyl (C=O) groups excluding carboxylic acids is 3. The summed E-state index contributed by atoms with van der Waals surface area (Å²) in [7, 11) is 0. The Morgan fingerprint density at radius 1 is 1.02 bits per heavy atom. The molecule has 15 heteroatoms. The maximum atomic E-state index is 13.3. The Hall–Kier alpha value is -4.56. The second-order valence-electron chi connectivity index (χ2n) is 8.85. The molecule has 12 nitrogen and oxygen atoms in total. The monoisotopic (exact) mass is 581 g/mol. The van der Waals surface area contributed by atoms with Crippen LogP contribution in [0, 0.1) is 0 Å². The number of para-hydroxylation sites is 1. The number of carbonyl (C=O) groups is 4. The molecule has 1 aromatic carbocycles. The van der Waals surface area contributed by atoms with Gasteiger partial charge in [0.2, 0.25) is 11.8 Å². The Morgan fingerprint density at radius 3 is 2.29 bits per heavy atom. The minimum absolute atomic E-state index is 0.0445. The van der Waals surface area contributed by atoms with Crippen molar-refractivity contribution in [1.82, 2.24) is 24.9 Å². The highest BCUT2D eigenvalue weighted by Gasteiger charge is 2.31. The van der Waals surface area contributed by atoms with Gasteiger partial charge in [-0.2, -0.15) is 13.9 Å². The van der Waals surface area contributed by atoms with E-state index in [1.165, 1.54) is 20.5 Å². The van der Waals surface area contributed by atoms with E-state index in [0.29, 0.717) is 5.69 Å². The van der Waals surface area contributed by atoms with Gasteiger partial charge in [-0.1, -0.05) is 18.2 Å². The zero-order chi connectivity index (χ0) is 29.9. The molecule has 0 spiro atoms. The van der Waals surface area contributed by atoms with Gasteiger partial charge in [0.05, 0.1) is 18.9 Å².